The van der Waals surface area contributed by atoms with Crippen LogP contribution in [0.1, 0.15) is 0 Å². The second kappa shape index (κ2) is 6.93. The molecule has 3 rings (SSSR count). The average molecular weight is 403 g/mol. The molecule has 0 nitrogen and oxygen atoms in total. The molecule has 0 radical (unpaired) electrons. The van der Waals surface area contributed by atoms with Crippen LogP contribution in [0.3, 0.4) is 0 Å². The van der Waals surface area contributed by atoms with Gasteiger partial charge >= 0.3 is 0 Å². The van der Waals surface area contributed by atoms with Crippen LogP contribution in [0.15, 0.2) is 54.6 Å². The molecule has 3 aromatic carbocycles. The summed E-state index contributed by atoms with van der Waals surface area (Å²) in [7, 11) is 0. The Kier molecular flexibility index (Phi) is 5.10. The van der Waals surface area contributed by atoms with Gasteiger partial charge in [-0.15, -0.1) is 0 Å². The maximum atomic E-state index is 6.45. The zero-order chi connectivity index (χ0) is 16.6. The lowest BCUT2D eigenvalue weighted by molar-refractivity contribution is 1.59. The molecular formula is C18H9Cl5. The standard InChI is InChI=1S/C18H9Cl5/c19-13-3-11(4-14(20)8-13)10-1-2-17(18(23)7-10)12-5-15(21)9-16(22)6-12/h1-9H. The molecule has 0 aliphatic carbocycles. The normalized spacial score (nSPS) is 10.8. The summed E-state index contributed by atoms with van der Waals surface area (Å²) < 4.78 is 0. The van der Waals surface area contributed by atoms with Crippen LogP contribution in [0.25, 0.3) is 22.3 Å². The molecule has 0 fully saturated rings. The zero-order valence-electron chi connectivity index (χ0n) is 11.6. The second-order valence-electron chi connectivity index (χ2n) is 5.01. The number of hydrogen-bond acceptors (Lipinski definition) is 0. The first kappa shape index (κ1) is 17.0. The van der Waals surface area contributed by atoms with E-state index in [1.165, 1.54) is 0 Å². The van der Waals surface area contributed by atoms with Crippen LogP contribution in [0.5, 0.6) is 0 Å². The number of rotatable bonds is 2. The highest BCUT2D eigenvalue weighted by atomic mass is 35.5. The largest absolute Gasteiger partial charge is 0.0843 e. The van der Waals surface area contributed by atoms with Gasteiger partial charge in [0.15, 0.2) is 0 Å². The van der Waals surface area contributed by atoms with E-state index in [1.54, 1.807) is 12.1 Å². The first-order valence-corrected chi connectivity index (χ1v) is 8.54. The van der Waals surface area contributed by atoms with Crippen LogP contribution in [0, 0.1) is 0 Å². The van der Waals surface area contributed by atoms with Crippen molar-refractivity contribution in [1.82, 2.24) is 0 Å². The molecule has 0 bridgehead atoms. The Balaban J connectivity index is 2.07. The molecule has 0 aliphatic heterocycles. The highest BCUT2D eigenvalue weighted by Crippen LogP contribution is 2.36. The Morgan fingerprint density at radius 3 is 1.39 bits per heavy atom. The van der Waals surface area contributed by atoms with Gasteiger partial charge in [0.2, 0.25) is 0 Å². The molecule has 0 aromatic heterocycles. The molecule has 0 saturated carbocycles. The molecule has 116 valence electrons. The third kappa shape index (κ3) is 3.96. The van der Waals surface area contributed by atoms with Crippen molar-refractivity contribution in [2.45, 2.75) is 0 Å². The van der Waals surface area contributed by atoms with Crippen LogP contribution in [0.4, 0.5) is 0 Å². The predicted octanol–water partition coefficient (Wildman–Crippen LogP) is 8.29. The van der Waals surface area contributed by atoms with E-state index >= 15 is 0 Å². The Morgan fingerprint density at radius 2 is 0.913 bits per heavy atom. The van der Waals surface area contributed by atoms with Gasteiger partial charge < -0.3 is 0 Å². The summed E-state index contributed by atoms with van der Waals surface area (Å²) in [6, 6.07) is 16.5. The SMILES string of the molecule is Clc1cc(Cl)cc(-c2ccc(-c3cc(Cl)cc(Cl)c3)c(Cl)c2)c1. The van der Waals surface area contributed by atoms with Gasteiger partial charge in [0.1, 0.15) is 0 Å². The van der Waals surface area contributed by atoms with Crippen molar-refractivity contribution < 1.29 is 0 Å². The molecule has 5 heteroatoms. The van der Waals surface area contributed by atoms with Crippen LogP contribution < -0.4 is 0 Å². The molecular weight excluding hydrogens is 393 g/mol. The Labute approximate surface area is 159 Å². The van der Waals surface area contributed by atoms with Crippen molar-refractivity contribution in [2.75, 3.05) is 0 Å². The lowest BCUT2D eigenvalue weighted by atomic mass is 10.00. The van der Waals surface area contributed by atoms with Crippen LogP contribution in [-0.4, -0.2) is 0 Å². The molecule has 0 amide bonds. The monoisotopic (exact) mass is 400 g/mol. The molecule has 0 unspecified atom stereocenters. The smallest absolute Gasteiger partial charge is 0.0490 e. The van der Waals surface area contributed by atoms with E-state index in [4.69, 9.17) is 58.0 Å². The van der Waals surface area contributed by atoms with E-state index in [2.05, 4.69) is 0 Å². The first-order valence-electron chi connectivity index (χ1n) is 6.65. The van der Waals surface area contributed by atoms with E-state index < -0.39 is 0 Å². The van der Waals surface area contributed by atoms with Crippen molar-refractivity contribution >= 4 is 58.0 Å². The van der Waals surface area contributed by atoms with Gasteiger partial charge in [-0.1, -0.05) is 70.1 Å². The summed E-state index contributed by atoms with van der Waals surface area (Å²) >= 11 is 30.7. The fraction of sp³-hybridized carbons (Fsp3) is 0. The van der Waals surface area contributed by atoms with Gasteiger partial charge in [-0.05, 0) is 59.2 Å². The Bertz CT molecular complexity index is 846. The van der Waals surface area contributed by atoms with E-state index in [-0.39, 0.29) is 0 Å². The summed E-state index contributed by atoms with van der Waals surface area (Å²) in [6.45, 7) is 0. The number of halogens is 5. The topological polar surface area (TPSA) is 0 Å². The Hall–Kier alpha value is -0.890. The van der Waals surface area contributed by atoms with Crippen molar-refractivity contribution in [2.24, 2.45) is 0 Å². The highest BCUT2D eigenvalue weighted by Gasteiger charge is 2.09. The molecule has 0 atom stereocenters. The van der Waals surface area contributed by atoms with Crippen molar-refractivity contribution in [3.05, 3.63) is 79.7 Å². The summed E-state index contributed by atoms with van der Waals surface area (Å²) in [5, 5.41) is 2.88. The van der Waals surface area contributed by atoms with Crippen molar-refractivity contribution in [1.29, 1.82) is 0 Å². The maximum absolute atomic E-state index is 6.45. The third-order valence-electron chi connectivity index (χ3n) is 3.34. The highest BCUT2D eigenvalue weighted by molar-refractivity contribution is 6.36. The number of hydrogen-bond donors (Lipinski definition) is 0. The van der Waals surface area contributed by atoms with E-state index in [0.29, 0.717) is 25.1 Å². The Morgan fingerprint density at radius 1 is 0.435 bits per heavy atom. The molecule has 0 N–H and O–H groups in total. The maximum Gasteiger partial charge on any atom is 0.0490 e. The summed E-state index contributed by atoms with van der Waals surface area (Å²) in [6.07, 6.45) is 0. The van der Waals surface area contributed by atoms with Gasteiger partial charge in [-0.25, -0.2) is 0 Å². The van der Waals surface area contributed by atoms with E-state index in [1.807, 2.05) is 42.5 Å². The van der Waals surface area contributed by atoms with Gasteiger partial charge in [-0.3, -0.25) is 0 Å². The minimum absolute atomic E-state index is 0.564. The molecule has 0 spiro atoms. The zero-order valence-corrected chi connectivity index (χ0v) is 15.4. The summed E-state index contributed by atoms with van der Waals surface area (Å²) in [5.41, 5.74) is 3.55. The first-order chi connectivity index (χ1) is 10.9. The van der Waals surface area contributed by atoms with E-state index in [0.717, 1.165) is 22.3 Å². The summed E-state index contributed by atoms with van der Waals surface area (Å²) in [4.78, 5) is 0. The molecule has 23 heavy (non-hydrogen) atoms. The van der Waals surface area contributed by atoms with Gasteiger partial charge in [0.05, 0.1) is 0 Å². The van der Waals surface area contributed by atoms with Crippen LogP contribution >= 0.6 is 58.0 Å². The van der Waals surface area contributed by atoms with Crippen LogP contribution in [0.2, 0.25) is 25.1 Å². The van der Waals surface area contributed by atoms with Crippen molar-refractivity contribution in [3.8, 4) is 22.3 Å². The quantitative estimate of drug-likeness (QED) is 0.404. The predicted molar refractivity (Wildman–Crippen MR) is 102 cm³/mol. The van der Waals surface area contributed by atoms with Crippen molar-refractivity contribution in [3.63, 3.8) is 0 Å². The van der Waals surface area contributed by atoms with Gasteiger partial charge in [0, 0.05) is 30.7 Å². The minimum atomic E-state index is 0.564. The molecule has 0 heterocycles. The fourth-order valence-corrected chi connectivity index (χ4v) is 3.70. The number of benzene rings is 3. The minimum Gasteiger partial charge on any atom is -0.0843 e. The lowest BCUT2D eigenvalue weighted by Gasteiger charge is -2.09. The van der Waals surface area contributed by atoms with Crippen LogP contribution in [-0.2, 0) is 0 Å². The second-order valence-corrected chi connectivity index (χ2v) is 7.16. The van der Waals surface area contributed by atoms with Gasteiger partial charge in [-0.2, -0.15) is 0 Å². The summed E-state index contributed by atoms with van der Waals surface area (Å²) in [5.74, 6) is 0. The molecule has 0 aliphatic rings. The lowest BCUT2D eigenvalue weighted by Crippen LogP contribution is -1.84. The molecule has 3 aromatic rings. The van der Waals surface area contributed by atoms with Gasteiger partial charge in [0.25, 0.3) is 0 Å². The molecule has 0 saturated heterocycles. The third-order valence-corrected chi connectivity index (χ3v) is 4.52. The van der Waals surface area contributed by atoms with E-state index in [9.17, 15) is 0 Å². The fourth-order valence-electron chi connectivity index (χ4n) is 2.36. The average Bonchev–Trinajstić information content (AvgIpc) is 2.45.